The van der Waals surface area contributed by atoms with Crippen LogP contribution in [-0.4, -0.2) is 24.3 Å². The van der Waals surface area contributed by atoms with Gasteiger partial charge in [-0.3, -0.25) is 4.79 Å². The van der Waals surface area contributed by atoms with Crippen LogP contribution in [0.4, 0.5) is 4.39 Å². The van der Waals surface area contributed by atoms with Gasteiger partial charge >= 0.3 is 0 Å². The number of nitrogens with zero attached hydrogens (tertiary/aromatic N) is 1. The first-order valence-electron chi connectivity index (χ1n) is 6.62. The minimum atomic E-state index is -0.356. The molecular formula is C16H14ClFN2O3. The second-order valence-electron chi connectivity index (χ2n) is 4.65. The van der Waals surface area contributed by atoms with Gasteiger partial charge in [0.2, 0.25) is 5.91 Å². The van der Waals surface area contributed by atoms with Crippen molar-refractivity contribution < 1.29 is 19.0 Å². The number of hydrogen-bond donors (Lipinski definition) is 2. The predicted molar refractivity (Wildman–Crippen MR) is 85.5 cm³/mol. The maximum absolute atomic E-state index is 12.8. The Balaban J connectivity index is 1.97. The van der Waals surface area contributed by atoms with Gasteiger partial charge in [-0.25, -0.2) is 9.82 Å². The summed E-state index contributed by atoms with van der Waals surface area (Å²) in [6, 6.07) is 8.64. The van der Waals surface area contributed by atoms with Gasteiger partial charge in [-0.05, 0) is 35.4 Å². The van der Waals surface area contributed by atoms with E-state index in [1.54, 1.807) is 0 Å². The molecule has 0 saturated heterocycles. The van der Waals surface area contributed by atoms with E-state index in [9.17, 15) is 14.3 Å². The lowest BCUT2D eigenvalue weighted by molar-refractivity contribution is -0.120. The maximum Gasteiger partial charge on any atom is 0.244 e. The minimum absolute atomic E-state index is 0.0806. The predicted octanol–water partition coefficient (Wildman–Crippen LogP) is 2.89. The number of aromatic hydroxyl groups is 1. The van der Waals surface area contributed by atoms with Crippen molar-refractivity contribution >= 4 is 23.7 Å². The van der Waals surface area contributed by atoms with Crippen molar-refractivity contribution in [3.63, 3.8) is 0 Å². The lowest BCUT2D eigenvalue weighted by atomic mass is 10.1. The molecule has 2 aromatic rings. The fourth-order valence-corrected chi connectivity index (χ4v) is 2.05. The van der Waals surface area contributed by atoms with Crippen LogP contribution in [0, 0.1) is 5.82 Å². The number of hydrogen-bond acceptors (Lipinski definition) is 4. The number of methoxy groups -OCH3 is 1. The van der Waals surface area contributed by atoms with Gasteiger partial charge in [0.05, 0.1) is 24.8 Å². The SMILES string of the molecule is COc1cc(/C=N/NC(=O)Cc2ccc(F)cc2)cc(Cl)c1O. The van der Waals surface area contributed by atoms with Crippen molar-refractivity contribution in [1.82, 2.24) is 5.43 Å². The van der Waals surface area contributed by atoms with E-state index in [1.807, 2.05) is 0 Å². The molecular weight excluding hydrogens is 323 g/mol. The van der Waals surface area contributed by atoms with Crippen molar-refractivity contribution in [2.75, 3.05) is 7.11 Å². The highest BCUT2D eigenvalue weighted by Gasteiger charge is 2.08. The van der Waals surface area contributed by atoms with Crippen molar-refractivity contribution in [2.24, 2.45) is 5.10 Å². The van der Waals surface area contributed by atoms with Gasteiger partial charge in [-0.1, -0.05) is 23.7 Å². The molecule has 23 heavy (non-hydrogen) atoms. The molecule has 0 heterocycles. The molecule has 0 unspecified atom stereocenters. The number of phenols is 1. The first-order chi connectivity index (χ1) is 11.0. The molecule has 0 atom stereocenters. The molecule has 7 heteroatoms. The summed E-state index contributed by atoms with van der Waals surface area (Å²) in [6.07, 6.45) is 1.45. The lowest BCUT2D eigenvalue weighted by Gasteiger charge is -2.06. The number of benzene rings is 2. The molecule has 0 aliphatic heterocycles. The molecule has 0 aliphatic carbocycles. The summed E-state index contributed by atoms with van der Waals surface area (Å²) in [5, 5.41) is 13.5. The van der Waals surface area contributed by atoms with E-state index >= 15 is 0 Å². The first-order valence-corrected chi connectivity index (χ1v) is 7.00. The minimum Gasteiger partial charge on any atom is -0.503 e. The van der Waals surface area contributed by atoms with Gasteiger partial charge in [-0.2, -0.15) is 5.10 Å². The fraction of sp³-hybridized carbons (Fsp3) is 0.125. The highest BCUT2D eigenvalue weighted by atomic mass is 35.5. The highest BCUT2D eigenvalue weighted by molar-refractivity contribution is 6.32. The van der Waals surface area contributed by atoms with Gasteiger partial charge < -0.3 is 9.84 Å². The number of phenolic OH excluding ortho intramolecular Hbond substituents is 1. The van der Waals surface area contributed by atoms with Crippen LogP contribution in [-0.2, 0) is 11.2 Å². The Morgan fingerprint density at radius 2 is 2.09 bits per heavy atom. The Morgan fingerprint density at radius 3 is 2.74 bits per heavy atom. The zero-order valence-electron chi connectivity index (χ0n) is 12.2. The lowest BCUT2D eigenvalue weighted by Crippen LogP contribution is -2.19. The van der Waals surface area contributed by atoms with E-state index in [0.717, 1.165) is 0 Å². The molecule has 0 radical (unpaired) electrons. The average Bonchev–Trinajstić information content (AvgIpc) is 2.53. The van der Waals surface area contributed by atoms with Crippen LogP contribution in [0.15, 0.2) is 41.5 Å². The van der Waals surface area contributed by atoms with Crippen LogP contribution in [0.3, 0.4) is 0 Å². The Bertz CT molecular complexity index is 733. The van der Waals surface area contributed by atoms with Gasteiger partial charge in [0.25, 0.3) is 0 Å². The Labute approximate surface area is 137 Å². The van der Waals surface area contributed by atoms with Gasteiger partial charge in [0, 0.05) is 0 Å². The summed E-state index contributed by atoms with van der Waals surface area (Å²) in [5.74, 6) is -0.654. The van der Waals surface area contributed by atoms with Crippen LogP contribution >= 0.6 is 11.6 Å². The van der Waals surface area contributed by atoms with Crippen LogP contribution in [0.2, 0.25) is 5.02 Å². The molecule has 1 amide bonds. The number of hydrazone groups is 1. The van der Waals surface area contributed by atoms with E-state index < -0.39 is 0 Å². The molecule has 2 aromatic carbocycles. The molecule has 0 aliphatic rings. The fourth-order valence-electron chi connectivity index (χ4n) is 1.83. The highest BCUT2D eigenvalue weighted by Crippen LogP contribution is 2.34. The topological polar surface area (TPSA) is 70.9 Å². The standard InChI is InChI=1S/C16H14ClFN2O3/c1-23-14-7-11(6-13(17)16(14)22)9-19-20-15(21)8-10-2-4-12(18)5-3-10/h2-7,9,22H,8H2,1H3,(H,20,21)/b19-9+. The molecule has 120 valence electrons. The number of ether oxygens (including phenoxy) is 1. The van der Waals surface area contributed by atoms with E-state index in [2.05, 4.69) is 10.5 Å². The van der Waals surface area contributed by atoms with E-state index in [0.29, 0.717) is 11.1 Å². The van der Waals surface area contributed by atoms with Gasteiger partial charge in [-0.15, -0.1) is 0 Å². The normalized spacial score (nSPS) is 10.7. The Kier molecular flexibility index (Phi) is 5.54. The quantitative estimate of drug-likeness (QED) is 0.651. The summed E-state index contributed by atoms with van der Waals surface area (Å²) in [5.41, 5.74) is 3.58. The summed E-state index contributed by atoms with van der Waals surface area (Å²) < 4.78 is 17.7. The molecule has 0 saturated carbocycles. The number of carbonyl (C=O) groups is 1. The van der Waals surface area contributed by atoms with Crippen molar-refractivity contribution in [3.05, 3.63) is 58.4 Å². The second-order valence-corrected chi connectivity index (χ2v) is 5.06. The molecule has 0 bridgehead atoms. The van der Waals surface area contributed by atoms with E-state index in [-0.39, 0.29) is 34.7 Å². The van der Waals surface area contributed by atoms with Gasteiger partial charge in [0.1, 0.15) is 5.82 Å². The van der Waals surface area contributed by atoms with Gasteiger partial charge in [0.15, 0.2) is 11.5 Å². The van der Waals surface area contributed by atoms with Crippen LogP contribution in [0.1, 0.15) is 11.1 Å². The molecule has 0 fully saturated rings. The third-order valence-electron chi connectivity index (χ3n) is 2.95. The zero-order valence-corrected chi connectivity index (χ0v) is 13.0. The molecule has 2 rings (SSSR count). The van der Waals surface area contributed by atoms with Crippen LogP contribution in [0.5, 0.6) is 11.5 Å². The second kappa shape index (κ2) is 7.60. The van der Waals surface area contributed by atoms with Crippen LogP contribution in [0.25, 0.3) is 0 Å². The number of rotatable bonds is 5. The third kappa shape index (κ3) is 4.69. The summed E-state index contributed by atoms with van der Waals surface area (Å²) in [4.78, 5) is 11.7. The van der Waals surface area contributed by atoms with Crippen LogP contribution < -0.4 is 10.2 Å². The first kappa shape index (κ1) is 16.8. The molecule has 0 aromatic heterocycles. The monoisotopic (exact) mass is 336 g/mol. The number of halogens is 2. The Hall–Kier alpha value is -2.60. The smallest absolute Gasteiger partial charge is 0.244 e. The Morgan fingerprint density at radius 1 is 1.39 bits per heavy atom. The number of nitrogens with one attached hydrogen (secondary N) is 1. The van der Waals surface area contributed by atoms with E-state index in [4.69, 9.17) is 16.3 Å². The molecule has 0 spiro atoms. The van der Waals surface area contributed by atoms with Crippen molar-refractivity contribution in [1.29, 1.82) is 0 Å². The molecule has 5 nitrogen and oxygen atoms in total. The molecule has 2 N–H and O–H groups in total. The summed E-state index contributed by atoms with van der Waals surface area (Å²) >= 11 is 5.85. The third-order valence-corrected chi connectivity index (χ3v) is 3.24. The summed E-state index contributed by atoms with van der Waals surface area (Å²) in [7, 11) is 1.40. The number of amides is 1. The number of carbonyl (C=O) groups excluding carboxylic acids is 1. The largest absolute Gasteiger partial charge is 0.503 e. The average molecular weight is 337 g/mol. The zero-order chi connectivity index (χ0) is 16.8. The van der Waals surface area contributed by atoms with Crippen molar-refractivity contribution in [2.45, 2.75) is 6.42 Å². The summed E-state index contributed by atoms with van der Waals surface area (Å²) in [6.45, 7) is 0. The van der Waals surface area contributed by atoms with E-state index in [1.165, 1.54) is 49.7 Å². The maximum atomic E-state index is 12.8. The van der Waals surface area contributed by atoms with Crippen molar-refractivity contribution in [3.8, 4) is 11.5 Å².